The highest BCUT2D eigenvalue weighted by molar-refractivity contribution is 6.14. The highest BCUT2D eigenvalue weighted by Gasteiger charge is 2.39. The van der Waals surface area contributed by atoms with Gasteiger partial charge in [0, 0.05) is 24.7 Å². The van der Waals surface area contributed by atoms with E-state index in [0.29, 0.717) is 11.4 Å². The van der Waals surface area contributed by atoms with E-state index in [1.807, 2.05) is 0 Å². The Hall–Kier alpha value is -1.95. The molecule has 0 N–H and O–H groups in total. The summed E-state index contributed by atoms with van der Waals surface area (Å²) >= 11 is 0. The number of benzene rings is 1. The Kier molecular flexibility index (Phi) is 3.95. The van der Waals surface area contributed by atoms with Crippen LogP contribution in [0.2, 0.25) is 0 Å². The molecule has 1 aliphatic heterocycles. The van der Waals surface area contributed by atoms with Crippen LogP contribution in [0.5, 0.6) is 0 Å². The minimum Gasteiger partial charge on any atom is -0.298 e. The third kappa shape index (κ3) is 2.58. The molecule has 0 aromatic heterocycles. The molecule has 0 bridgehead atoms. The molecular formula is C12H14ClN3O3. The lowest BCUT2D eigenvalue weighted by molar-refractivity contribution is -0.384. The van der Waals surface area contributed by atoms with Crippen molar-refractivity contribution in [3.8, 4) is 0 Å². The number of carbonyl (C=O) groups excluding carboxylic acids is 1. The lowest BCUT2D eigenvalue weighted by atomic mass is 10.1. The number of hydrogen-bond acceptors (Lipinski definition) is 4. The first-order valence-corrected chi connectivity index (χ1v) is 5.46. The van der Waals surface area contributed by atoms with Crippen molar-refractivity contribution in [1.29, 1.82) is 0 Å². The van der Waals surface area contributed by atoms with E-state index < -0.39 is 10.5 Å². The van der Waals surface area contributed by atoms with Gasteiger partial charge in [-0.3, -0.25) is 24.8 Å². The van der Waals surface area contributed by atoms with Gasteiger partial charge in [0.1, 0.15) is 11.4 Å². The van der Waals surface area contributed by atoms with Crippen LogP contribution in [0.3, 0.4) is 0 Å². The summed E-state index contributed by atoms with van der Waals surface area (Å²) in [6.45, 7) is 3.48. The van der Waals surface area contributed by atoms with Crippen molar-refractivity contribution in [2.24, 2.45) is 4.99 Å². The zero-order valence-corrected chi connectivity index (χ0v) is 11.6. The van der Waals surface area contributed by atoms with E-state index >= 15 is 0 Å². The second-order valence-corrected chi connectivity index (χ2v) is 4.66. The summed E-state index contributed by atoms with van der Waals surface area (Å²) < 4.78 is 0. The van der Waals surface area contributed by atoms with Crippen molar-refractivity contribution in [2.45, 2.75) is 19.4 Å². The van der Waals surface area contributed by atoms with Crippen LogP contribution in [0.4, 0.5) is 5.69 Å². The van der Waals surface area contributed by atoms with E-state index in [2.05, 4.69) is 4.99 Å². The van der Waals surface area contributed by atoms with E-state index in [1.54, 1.807) is 33.0 Å². The summed E-state index contributed by atoms with van der Waals surface area (Å²) in [6, 6.07) is 6.01. The van der Waals surface area contributed by atoms with Gasteiger partial charge in [-0.15, -0.1) is 12.4 Å². The number of nitrogens with zero attached hydrogens (tertiary/aromatic N) is 3. The fourth-order valence-electron chi connectivity index (χ4n) is 1.88. The lowest BCUT2D eigenvalue weighted by Crippen LogP contribution is -2.36. The third-order valence-electron chi connectivity index (χ3n) is 2.87. The number of non-ortho nitro benzene ring substituents is 1. The molecule has 1 aromatic rings. The lowest BCUT2D eigenvalue weighted by Gasteiger charge is -2.15. The van der Waals surface area contributed by atoms with Gasteiger partial charge >= 0.3 is 0 Å². The fourth-order valence-corrected chi connectivity index (χ4v) is 1.88. The van der Waals surface area contributed by atoms with Crippen molar-refractivity contribution >= 4 is 29.8 Å². The summed E-state index contributed by atoms with van der Waals surface area (Å²) in [6.07, 6.45) is 0. The predicted octanol–water partition coefficient (Wildman–Crippen LogP) is 2.01. The van der Waals surface area contributed by atoms with Gasteiger partial charge in [-0.1, -0.05) is 0 Å². The van der Waals surface area contributed by atoms with Gasteiger partial charge < -0.3 is 0 Å². The molecule has 2 rings (SSSR count). The van der Waals surface area contributed by atoms with E-state index in [9.17, 15) is 14.9 Å². The van der Waals surface area contributed by atoms with Crippen LogP contribution in [-0.2, 0) is 4.79 Å². The highest BCUT2D eigenvalue weighted by atomic mass is 35.5. The van der Waals surface area contributed by atoms with Gasteiger partial charge in [-0.2, -0.15) is 0 Å². The number of carbonyl (C=O) groups is 1. The molecule has 1 aliphatic rings. The highest BCUT2D eigenvalue weighted by Crippen LogP contribution is 2.24. The second kappa shape index (κ2) is 4.97. The smallest absolute Gasteiger partial charge is 0.269 e. The number of hydrogen-bond donors (Lipinski definition) is 0. The van der Waals surface area contributed by atoms with Crippen LogP contribution in [0.1, 0.15) is 19.4 Å². The number of likely N-dealkylation sites (N-methyl/N-ethyl adjacent to an activating group) is 1. The van der Waals surface area contributed by atoms with E-state index in [0.717, 1.165) is 0 Å². The minimum atomic E-state index is -0.772. The molecule has 0 spiro atoms. The number of nitro benzene ring substituents is 1. The number of nitro groups is 1. The summed E-state index contributed by atoms with van der Waals surface area (Å²) in [5.41, 5.74) is -0.0566. The first-order valence-electron chi connectivity index (χ1n) is 5.46. The van der Waals surface area contributed by atoms with Crippen LogP contribution in [0.25, 0.3) is 0 Å². The largest absolute Gasteiger partial charge is 0.298 e. The maximum absolute atomic E-state index is 11.9. The van der Waals surface area contributed by atoms with Crippen LogP contribution in [-0.4, -0.2) is 34.2 Å². The molecule has 1 heterocycles. The predicted molar refractivity (Wildman–Crippen MR) is 73.7 cm³/mol. The van der Waals surface area contributed by atoms with Crippen LogP contribution < -0.4 is 0 Å². The second-order valence-electron chi connectivity index (χ2n) is 4.66. The average Bonchev–Trinajstić information content (AvgIpc) is 2.53. The van der Waals surface area contributed by atoms with Gasteiger partial charge in [0.15, 0.2) is 0 Å². The molecule has 1 aromatic carbocycles. The number of amides is 1. The van der Waals surface area contributed by atoms with Crippen LogP contribution >= 0.6 is 12.4 Å². The third-order valence-corrected chi connectivity index (χ3v) is 2.87. The van der Waals surface area contributed by atoms with Crippen molar-refractivity contribution in [1.82, 2.24) is 4.90 Å². The quantitative estimate of drug-likeness (QED) is 0.615. The molecule has 6 nitrogen and oxygen atoms in total. The molecule has 0 radical (unpaired) electrons. The Morgan fingerprint density at radius 3 is 2.16 bits per heavy atom. The molecule has 7 heteroatoms. The molecule has 0 fully saturated rings. The average molecular weight is 284 g/mol. The molecular weight excluding hydrogens is 270 g/mol. The van der Waals surface area contributed by atoms with E-state index in [1.165, 1.54) is 17.0 Å². The number of rotatable bonds is 2. The number of aliphatic imine (C=N–C) groups is 1. The number of amidine groups is 1. The topological polar surface area (TPSA) is 75.8 Å². The zero-order chi connectivity index (χ0) is 13.5. The monoisotopic (exact) mass is 283 g/mol. The Bertz CT molecular complexity index is 552. The molecule has 102 valence electrons. The Labute approximate surface area is 116 Å². The fraction of sp³-hybridized carbons (Fsp3) is 0.333. The summed E-state index contributed by atoms with van der Waals surface area (Å²) in [4.78, 5) is 27.8. The normalized spacial score (nSPS) is 16.9. The van der Waals surface area contributed by atoms with Gasteiger partial charge in [0.25, 0.3) is 11.6 Å². The van der Waals surface area contributed by atoms with Crippen molar-refractivity contribution in [3.05, 3.63) is 39.9 Å². The van der Waals surface area contributed by atoms with E-state index in [-0.39, 0.29) is 24.0 Å². The number of halogens is 1. The molecule has 0 saturated carbocycles. The Morgan fingerprint density at radius 1 is 1.26 bits per heavy atom. The van der Waals surface area contributed by atoms with Crippen LogP contribution in [0.15, 0.2) is 29.3 Å². The maximum Gasteiger partial charge on any atom is 0.269 e. The van der Waals surface area contributed by atoms with Gasteiger partial charge in [0.05, 0.1) is 4.92 Å². The first kappa shape index (κ1) is 15.1. The first-order chi connectivity index (χ1) is 8.33. The molecule has 0 atom stereocenters. The summed E-state index contributed by atoms with van der Waals surface area (Å²) in [7, 11) is 1.65. The van der Waals surface area contributed by atoms with Crippen molar-refractivity contribution in [3.63, 3.8) is 0 Å². The molecule has 19 heavy (non-hydrogen) atoms. The van der Waals surface area contributed by atoms with E-state index in [4.69, 9.17) is 0 Å². The Balaban J connectivity index is 0.00000180. The Morgan fingerprint density at radius 2 is 1.79 bits per heavy atom. The SMILES string of the molecule is CN1C(=O)C(C)(C)N=C1c1ccc([N+](=O)[O-])cc1.Cl. The van der Waals surface area contributed by atoms with Gasteiger partial charge in [-0.05, 0) is 26.0 Å². The standard InChI is InChI=1S/C12H13N3O3.ClH/c1-12(2)11(16)14(3)10(13-12)8-4-6-9(7-5-8)15(17)18;/h4-7H,1-3H3;1H. The van der Waals surface area contributed by atoms with Crippen LogP contribution in [0, 0.1) is 10.1 Å². The van der Waals surface area contributed by atoms with Crippen molar-refractivity contribution in [2.75, 3.05) is 7.05 Å². The molecule has 0 aliphatic carbocycles. The van der Waals surface area contributed by atoms with Gasteiger partial charge in [0.2, 0.25) is 0 Å². The summed E-state index contributed by atoms with van der Waals surface area (Å²) in [5, 5.41) is 10.6. The maximum atomic E-state index is 11.9. The summed E-state index contributed by atoms with van der Waals surface area (Å²) in [5.74, 6) is 0.454. The molecule has 0 unspecified atom stereocenters. The zero-order valence-electron chi connectivity index (χ0n) is 10.8. The molecule has 0 saturated heterocycles. The van der Waals surface area contributed by atoms with Gasteiger partial charge in [-0.25, -0.2) is 0 Å². The molecule has 1 amide bonds. The minimum absolute atomic E-state index is 0. The van der Waals surface area contributed by atoms with Crippen molar-refractivity contribution < 1.29 is 9.72 Å².